The summed E-state index contributed by atoms with van der Waals surface area (Å²) < 4.78 is 9.38. The molecule has 0 aliphatic carbocycles. The van der Waals surface area contributed by atoms with Crippen LogP contribution in [0.25, 0.3) is 10.6 Å². The lowest BCUT2D eigenvalue weighted by Gasteiger charge is -2.09. The number of rotatable bonds is 6. The van der Waals surface area contributed by atoms with Crippen molar-refractivity contribution in [2.75, 3.05) is 19.5 Å². The van der Waals surface area contributed by atoms with Gasteiger partial charge in [-0.3, -0.25) is 9.78 Å². The zero-order chi connectivity index (χ0) is 20.8. The largest absolute Gasteiger partial charge is 0.465 e. The Morgan fingerprint density at radius 3 is 2.34 bits per heavy atom. The fourth-order valence-corrected chi connectivity index (χ4v) is 3.36. The molecular weight excluding hydrogens is 394 g/mol. The Hall–Kier alpha value is -3.59. The number of nitrogens with one attached hydrogen (secondary N) is 1. The second kappa shape index (κ2) is 9.07. The van der Waals surface area contributed by atoms with Gasteiger partial charge < -0.3 is 14.8 Å². The summed E-state index contributed by atoms with van der Waals surface area (Å²) in [4.78, 5) is 44.6. The minimum Gasteiger partial charge on any atom is -0.465 e. The molecule has 2 aromatic heterocycles. The van der Waals surface area contributed by atoms with Crippen LogP contribution >= 0.6 is 11.3 Å². The van der Waals surface area contributed by atoms with Gasteiger partial charge in [0.25, 0.3) is 0 Å². The molecule has 3 aromatic rings. The molecule has 0 aliphatic rings. The first-order valence-electron chi connectivity index (χ1n) is 8.46. The number of aromatic nitrogens is 2. The Morgan fingerprint density at radius 1 is 1.07 bits per heavy atom. The second-order valence-electron chi connectivity index (χ2n) is 5.89. The van der Waals surface area contributed by atoms with Crippen molar-refractivity contribution in [3.63, 3.8) is 0 Å². The normalized spacial score (nSPS) is 10.3. The Kier molecular flexibility index (Phi) is 6.30. The van der Waals surface area contributed by atoms with Crippen molar-refractivity contribution < 1.29 is 23.9 Å². The van der Waals surface area contributed by atoms with Gasteiger partial charge in [-0.25, -0.2) is 14.6 Å². The Morgan fingerprint density at radius 2 is 1.76 bits per heavy atom. The molecule has 1 aromatic carbocycles. The molecule has 0 radical (unpaired) electrons. The van der Waals surface area contributed by atoms with Gasteiger partial charge in [-0.2, -0.15) is 0 Å². The van der Waals surface area contributed by atoms with Gasteiger partial charge in [-0.15, -0.1) is 11.3 Å². The number of thiazole rings is 1. The summed E-state index contributed by atoms with van der Waals surface area (Å²) in [6.07, 6.45) is 3.42. The van der Waals surface area contributed by atoms with E-state index in [9.17, 15) is 14.4 Å². The molecule has 9 heteroatoms. The number of hydrogen-bond donors (Lipinski definition) is 1. The van der Waals surface area contributed by atoms with Crippen molar-refractivity contribution in [3.8, 4) is 10.6 Å². The van der Waals surface area contributed by atoms with Crippen LogP contribution in [0.4, 0.5) is 5.69 Å². The predicted octanol–water partition coefficient (Wildman–Crippen LogP) is 2.96. The van der Waals surface area contributed by atoms with E-state index in [4.69, 9.17) is 0 Å². The van der Waals surface area contributed by atoms with Crippen molar-refractivity contribution in [2.24, 2.45) is 0 Å². The van der Waals surface area contributed by atoms with Gasteiger partial charge >= 0.3 is 11.9 Å². The number of anilines is 1. The molecule has 1 amide bonds. The smallest absolute Gasteiger partial charge is 0.337 e. The van der Waals surface area contributed by atoms with E-state index >= 15 is 0 Å². The van der Waals surface area contributed by atoms with Gasteiger partial charge in [0, 0.05) is 29.0 Å². The molecule has 0 fully saturated rings. The lowest BCUT2D eigenvalue weighted by atomic mass is 10.1. The van der Waals surface area contributed by atoms with Crippen LogP contribution in [0.5, 0.6) is 0 Å². The molecule has 0 saturated heterocycles. The van der Waals surface area contributed by atoms with E-state index in [0.29, 0.717) is 5.69 Å². The summed E-state index contributed by atoms with van der Waals surface area (Å²) in [5.41, 5.74) is 2.00. The molecule has 1 N–H and O–H groups in total. The molecule has 148 valence electrons. The summed E-state index contributed by atoms with van der Waals surface area (Å²) in [7, 11) is 2.46. The molecule has 2 heterocycles. The quantitative estimate of drug-likeness (QED) is 0.621. The maximum absolute atomic E-state index is 12.4. The number of hydrogen-bond acceptors (Lipinski definition) is 8. The zero-order valence-corrected chi connectivity index (χ0v) is 16.5. The SMILES string of the molecule is COC(=O)c1cc(NC(=O)Cc2csc(-c3cccnc3)n2)cc(C(=O)OC)c1. The van der Waals surface area contributed by atoms with Gasteiger partial charge in [0.15, 0.2) is 0 Å². The highest BCUT2D eigenvalue weighted by atomic mass is 32.1. The van der Waals surface area contributed by atoms with Crippen molar-refractivity contribution in [1.82, 2.24) is 9.97 Å². The third-order valence-corrected chi connectivity index (χ3v) is 4.80. The monoisotopic (exact) mass is 411 g/mol. The van der Waals surface area contributed by atoms with Crippen LogP contribution in [0.15, 0.2) is 48.1 Å². The third kappa shape index (κ3) is 5.02. The summed E-state index contributed by atoms with van der Waals surface area (Å²) >= 11 is 1.42. The number of amides is 1. The van der Waals surface area contributed by atoms with Crippen LogP contribution in [-0.2, 0) is 20.7 Å². The summed E-state index contributed by atoms with van der Waals surface area (Å²) in [5, 5.41) is 5.24. The summed E-state index contributed by atoms with van der Waals surface area (Å²) in [6.45, 7) is 0. The number of benzene rings is 1. The highest BCUT2D eigenvalue weighted by Crippen LogP contribution is 2.23. The van der Waals surface area contributed by atoms with E-state index in [1.54, 1.807) is 17.8 Å². The second-order valence-corrected chi connectivity index (χ2v) is 6.75. The molecular formula is C20H17N3O5S. The first-order chi connectivity index (χ1) is 14.0. The number of methoxy groups -OCH3 is 2. The molecule has 3 rings (SSSR count). The van der Waals surface area contributed by atoms with Crippen molar-refractivity contribution in [3.05, 3.63) is 64.9 Å². The lowest BCUT2D eigenvalue weighted by molar-refractivity contribution is -0.115. The maximum Gasteiger partial charge on any atom is 0.337 e. The summed E-state index contributed by atoms with van der Waals surface area (Å²) in [5.74, 6) is -1.61. The molecule has 0 spiro atoms. The number of esters is 2. The first kappa shape index (κ1) is 20.2. The van der Waals surface area contributed by atoms with Crippen molar-refractivity contribution in [2.45, 2.75) is 6.42 Å². The molecule has 0 unspecified atom stereocenters. The highest BCUT2D eigenvalue weighted by Gasteiger charge is 2.16. The van der Waals surface area contributed by atoms with Gasteiger partial charge in [0.1, 0.15) is 5.01 Å². The minimum absolute atomic E-state index is 0.0345. The molecule has 0 atom stereocenters. The minimum atomic E-state index is -0.633. The third-order valence-electron chi connectivity index (χ3n) is 3.86. The topological polar surface area (TPSA) is 107 Å². The van der Waals surface area contributed by atoms with Crippen LogP contribution in [0.2, 0.25) is 0 Å². The highest BCUT2D eigenvalue weighted by molar-refractivity contribution is 7.13. The van der Waals surface area contributed by atoms with Gasteiger partial charge in [-0.05, 0) is 30.3 Å². The van der Waals surface area contributed by atoms with E-state index in [1.165, 1.54) is 43.8 Å². The fraction of sp³-hybridized carbons (Fsp3) is 0.150. The van der Waals surface area contributed by atoms with E-state index in [1.807, 2.05) is 12.1 Å². The number of ether oxygens (including phenoxy) is 2. The first-order valence-corrected chi connectivity index (χ1v) is 9.34. The Labute approximate surface area is 170 Å². The van der Waals surface area contributed by atoms with Crippen LogP contribution < -0.4 is 5.32 Å². The Balaban J connectivity index is 1.75. The van der Waals surface area contributed by atoms with E-state index < -0.39 is 11.9 Å². The molecule has 29 heavy (non-hydrogen) atoms. The number of pyridine rings is 1. The van der Waals surface area contributed by atoms with Gasteiger partial charge in [0.2, 0.25) is 5.91 Å². The van der Waals surface area contributed by atoms with Crippen molar-refractivity contribution >= 4 is 34.9 Å². The lowest BCUT2D eigenvalue weighted by Crippen LogP contribution is -2.16. The average molecular weight is 411 g/mol. The maximum atomic E-state index is 12.4. The van der Waals surface area contributed by atoms with Gasteiger partial charge in [-0.1, -0.05) is 0 Å². The molecule has 0 bridgehead atoms. The van der Waals surface area contributed by atoms with Crippen LogP contribution in [0.3, 0.4) is 0 Å². The number of carbonyl (C=O) groups is 3. The Bertz CT molecular complexity index is 1020. The zero-order valence-electron chi connectivity index (χ0n) is 15.7. The standard InChI is InChI=1S/C20H17N3O5S/c1-27-19(25)13-6-14(20(26)28-2)8-15(7-13)22-17(24)9-16-11-29-18(23-16)12-4-3-5-21-10-12/h3-8,10-11H,9H2,1-2H3,(H,22,24). The van der Waals surface area contributed by atoms with E-state index in [2.05, 4.69) is 24.8 Å². The number of nitrogens with zero attached hydrogens (tertiary/aromatic N) is 2. The molecule has 0 saturated carbocycles. The predicted molar refractivity (Wildman–Crippen MR) is 107 cm³/mol. The van der Waals surface area contributed by atoms with Crippen molar-refractivity contribution in [1.29, 1.82) is 0 Å². The van der Waals surface area contributed by atoms with Crippen LogP contribution in [-0.4, -0.2) is 42.0 Å². The fourth-order valence-electron chi connectivity index (χ4n) is 2.55. The van der Waals surface area contributed by atoms with E-state index in [0.717, 1.165) is 10.6 Å². The van der Waals surface area contributed by atoms with Crippen LogP contribution in [0.1, 0.15) is 26.4 Å². The summed E-state index contributed by atoms with van der Waals surface area (Å²) in [6, 6.07) is 7.91. The number of carbonyl (C=O) groups excluding carboxylic acids is 3. The average Bonchev–Trinajstić information content (AvgIpc) is 3.21. The molecule has 8 nitrogen and oxygen atoms in total. The van der Waals surface area contributed by atoms with Crippen LogP contribution in [0, 0.1) is 0 Å². The van der Waals surface area contributed by atoms with Gasteiger partial charge in [0.05, 0.1) is 37.5 Å². The van der Waals surface area contributed by atoms with E-state index in [-0.39, 0.29) is 29.1 Å². The molecule has 0 aliphatic heterocycles.